The number of hydrogen-bond donors (Lipinski definition) is 0. The standard InChI is InChI=1S/C10H13NO5/c1-7-2-3-9(12)11(7)16-10(13)15-8-4-5-14-6-8/h8H,1-6H2/t8-/m0/s1. The van der Waals surface area contributed by atoms with Gasteiger partial charge in [0.05, 0.1) is 18.9 Å². The molecule has 0 aromatic rings. The Morgan fingerprint density at radius 3 is 2.88 bits per heavy atom. The first kappa shape index (κ1) is 10.9. The highest BCUT2D eigenvalue weighted by Gasteiger charge is 2.30. The van der Waals surface area contributed by atoms with Crippen molar-refractivity contribution in [2.45, 2.75) is 25.4 Å². The molecule has 2 heterocycles. The van der Waals surface area contributed by atoms with E-state index < -0.39 is 6.16 Å². The molecule has 0 unspecified atom stereocenters. The summed E-state index contributed by atoms with van der Waals surface area (Å²) in [5.41, 5.74) is 0.477. The van der Waals surface area contributed by atoms with E-state index in [2.05, 4.69) is 6.58 Å². The highest BCUT2D eigenvalue weighted by atomic mass is 16.8. The molecule has 0 spiro atoms. The molecule has 1 amide bonds. The number of allylic oxidation sites excluding steroid dienone is 1. The summed E-state index contributed by atoms with van der Waals surface area (Å²) in [5, 5.41) is 0.901. The number of nitrogens with zero attached hydrogens (tertiary/aromatic N) is 1. The monoisotopic (exact) mass is 227 g/mol. The minimum Gasteiger partial charge on any atom is -0.427 e. The van der Waals surface area contributed by atoms with E-state index in [4.69, 9.17) is 14.3 Å². The number of ether oxygens (including phenoxy) is 2. The van der Waals surface area contributed by atoms with Crippen molar-refractivity contribution >= 4 is 12.1 Å². The van der Waals surface area contributed by atoms with Crippen LogP contribution in [0.2, 0.25) is 0 Å². The predicted molar refractivity (Wildman–Crippen MR) is 52.0 cm³/mol. The van der Waals surface area contributed by atoms with Crippen LogP contribution >= 0.6 is 0 Å². The zero-order chi connectivity index (χ0) is 11.5. The topological polar surface area (TPSA) is 65.1 Å². The molecule has 0 radical (unpaired) electrons. The molecule has 2 rings (SSSR count). The molecule has 0 bridgehead atoms. The zero-order valence-corrected chi connectivity index (χ0v) is 8.81. The third-order valence-corrected chi connectivity index (χ3v) is 2.46. The summed E-state index contributed by atoms with van der Waals surface area (Å²) in [6, 6.07) is 0. The van der Waals surface area contributed by atoms with Crippen LogP contribution in [-0.2, 0) is 19.1 Å². The van der Waals surface area contributed by atoms with Crippen molar-refractivity contribution in [1.29, 1.82) is 0 Å². The van der Waals surface area contributed by atoms with Gasteiger partial charge in [0.15, 0.2) is 0 Å². The van der Waals surface area contributed by atoms with Gasteiger partial charge in [-0.25, -0.2) is 4.79 Å². The number of rotatable bonds is 2. The number of hydrogen-bond acceptors (Lipinski definition) is 5. The van der Waals surface area contributed by atoms with Crippen LogP contribution in [0, 0.1) is 0 Å². The SMILES string of the molecule is C=C1CCC(=O)N1OC(=O)O[C@H]1CCOC1. The molecule has 0 N–H and O–H groups in total. The van der Waals surface area contributed by atoms with Crippen molar-refractivity contribution in [3.05, 3.63) is 12.3 Å². The van der Waals surface area contributed by atoms with Crippen LogP contribution in [0.4, 0.5) is 4.79 Å². The molecule has 2 fully saturated rings. The lowest BCUT2D eigenvalue weighted by atomic mass is 10.3. The fourth-order valence-corrected chi connectivity index (χ4v) is 1.58. The molecule has 1 atom stereocenters. The lowest BCUT2D eigenvalue weighted by Gasteiger charge is -2.16. The maximum atomic E-state index is 11.3. The van der Waals surface area contributed by atoms with Gasteiger partial charge in [-0.2, -0.15) is 0 Å². The van der Waals surface area contributed by atoms with Gasteiger partial charge in [-0.05, 0) is 6.42 Å². The Balaban J connectivity index is 1.82. The Hall–Kier alpha value is -1.56. The molecule has 16 heavy (non-hydrogen) atoms. The summed E-state index contributed by atoms with van der Waals surface area (Å²) >= 11 is 0. The van der Waals surface area contributed by atoms with Crippen molar-refractivity contribution in [3.63, 3.8) is 0 Å². The molecule has 0 aromatic carbocycles. The van der Waals surface area contributed by atoms with Crippen LogP contribution in [-0.4, -0.2) is 36.4 Å². The van der Waals surface area contributed by atoms with E-state index in [0.29, 0.717) is 38.2 Å². The van der Waals surface area contributed by atoms with Crippen molar-refractivity contribution in [1.82, 2.24) is 5.06 Å². The summed E-state index contributed by atoms with van der Waals surface area (Å²) in [4.78, 5) is 27.3. The molecule has 6 heteroatoms. The number of amides is 1. The van der Waals surface area contributed by atoms with Crippen LogP contribution in [0.1, 0.15) is 19.3 Å². The second-order valence-electron chi connectivity index (χ2n) is 3.70. The summed E-state index contributed by atoms with van der Waals surface area (Å²) < 4.78 is 9.99. The van der Waals surface area contributed by atoms with Gasteiger partial charge in [0.1, 0.15) is 6.10 Å². The summed E-state index contributed by atoms with van der Waals surface area (Å²) in [5.74, 6) is -0.273. The van der Waals surface area contributed by atoms with Gasteiger partial charge in [-0.1, -0.05) is 6.58 Å². The average Bonchev–Trinajstić information content (AvgIpc) is 2.83. The van der Waals surface area contributed by atoms with Crippen LogP contribution in [0.15, 0.2) is 12.3 Å². The maximum Gasteiger partial charge on any atom is 0.534 e. The van der Waals surface area contributed by atoms with Gasteiger partial charge in [-0.15, -0.1) is 5.06 Å². The van der Waals surface area contributed by atoms with Crippen molar-refractivity contribution in [2.75, 3.05) is 13.2 Å². The second kappa shape index (κ2) is 4.52. The molecule has 0 aromatic heterocycles. The first-order valence-corrected chi connectivity index (χ1v) is 5.14. The van der Waals surface area contributed by atoms with Crippen molar-refractivity contribution in [3.8, 4) is 0 Å². The van der Waals surface area contributed by atoms with Crippen LogP contribution in [0.25, 0.3) is 0 Å². The van der Waals surface area contributed by atoms with Gasteiger partial charge in [0.2, 0.25) is 0 Å². The molecule has 2 saturated heterocycles. The summed E-state index contributed by atoms with van der Waals surface area (Å²) in [6.45, 7) is 4.57. The zero-order valence-electron chi connectivity index (χ0n) is 8.81. The molecule has 2 aliphatic rings. The maximum absolute atomic E-state index is 11.3. The first-order valence-electron chi connectivity index (χ1n) is 5.14. The summed E-state index contributed by atoms with van der Waals surface area (Å²) in [6.07, 6.45) is 0.326. The fourth-order valence-electron chi connectivity index (χ4n) is 1.58. The summed E-state index contributed by atoms with van der Waals surface area (Å²) in [7, 11) is 0. The Bertz CT molecular complexity index is 305. The lowest BCUT2D eigenvalue weighted by Crippen LogP contribution is -2.29. The van der Waals surface area contributed by atoms with E-state index in [1.54, 1.807) is 0 Å². The minimum atomic E-state index is -0.883. The highest BCUT2D eigenvalue weighted by Crippen LogP contribution is 2.21. The van der Waals surface area contributed by atoms with Gasteiger partial charge < -0.3 is 9.47 Å². The molecule has 6 nitrogen and oxygen atoms in total. The number of carbonyl (C=O) groups excluding carboxylic acids is 2. The third kappa shape index (κ3) is 2.33. The molecular weight excluding hydrogens is 214 g/mol. The lowest BCUT2D eigenvalue weighted by molar-refractivity contribution is -0.159. The van der Waals surface area contributed by atoms with Crippen LogP contribution in [0.3, 0.4) is 0 Å². The van der Waals surface area contributed by atoms with Crippen molar-refractivity contribution < 1.29 is 23.9 Å². The van der Waals surface area contributed by atoms with Crippen LogP contribution < -0.4 is 0 Å². The van der Waals surface area contributed by atoms with Gasteiger partial charge >= 0.3 is 6.16 Å². The molecular formula is C10H13NO5. The smallest absolute Gasteiger partial charge is 0.427 e. The minimum absolute atomic E-state index is 0.273. The average molecular weight is 227 g/mol. The van der Waals surface area contributed by atoms with E-state index in [0.717, 1.165) is 5.06 Å². The van der Waals surface area contributed by atoms with Crippen molar-refractivity contribution in [2.24, 2.45) is 0 Å². The Labute approximate surface area is 92.7 Å². The van der Waals surface area contributed by atoms with E-state index in [-0.39, 0.29) is 12.0 Å². The Morgan fingerprint density at radius 2 is 2.31 bits per heavy atom. The fraction of sp³-hybridized carbons (Fsp3) is 0.600. The van der Waals surface area contributed by atoms with E-state index in [1.165, 1.54) is 0 Å². The van der Waals surface area contributed by atoms with Crippen LogP contribution in [0.5, 0.6) is 0 Å². The Morgan fingerprint density at radius 1 is 1.50 bits per heavy atom. The highest BCUT2D eigenvalue weighted by molar-refractivity contribution is 5.81. The van der Waals surface area contributed by atoms with Gasteiger partial charge in [0, 0.05) is 12.8 Å². The molecule has 88 valence electrons. The predicted octanol–water partition coefficient (Wildman–Crippen LogP) is 0.980. The number of hydroxylamine groups is 2. The number of carbonyl (C=O) groups is 2. The molecule has 0 aliphatic carbocycles. The largest absolute Gasteiger partial charge is 0.534 e. The third-order valence-electron chi connectivity index (χ3n) is 2.46. The molecule has 0 saturated carbocycles. The second-order valence-corrected chi connectivity index (χ2v) is 3.70. The quantitative estimate of drug-likeness (QED) is 0.658. The van der Waals surface area contributed by atoms with E-state index >= 15 is 0 Å². The van der Waals surface area contributed by atoms with Gasteiger partial charge in [0.25, 0.3) is 5.91 Å². The van der Waals surface area contributed by atoms with Gasteiger partial charge in [-0.3, -0.25) is 9.63 Å². The molecule has 2 aliphatic heterocycles. The first-order chi connectivity index (χ1) is 7.66. The van der Waals surface area contributed by atoms with E-state index in [1.807, 2.05) is 0 Å². The Kier molecular flexibility index (Phi) is 3.09. The van der Waals surface area contributed by atoms with E-state index in [9.17, 15) is 9.59 Å². The normalized spacial score (nSPS) is 25.0.